The van der Waals surface area contributed by atoms with Gasteiger partial charge in [0.25, 0.3) is 0 Å². The maximum Gasteiger partial charge on any atom is 0.240 e. The Morgan fingerprint density at radius 1 is 1.50 bits per heavy atom. The maximum absolute atomic E-state index is 13.7. The molecule has 0 spiro atoms. The summed E-state index contributed by atoms with van der Waals surface area (Å²) in [7, 11) is 0. The summed E-state index contributed by atoms with van der Waals surface area (Å²) in [6, 6.07) is 4.78. The fraction of sp³-hybridized carbons (Fsp3) is 0.588. The van der Waals surface area contributed by atoms with Gasteiger partial charge in [-0.1, -0.05) is 29.8 Å². The molecule has 0 heterocycles. The molecule has 0 aromatic heterocycles. The largest absolute Gasteiger partial charge is 0.378 e. The lowest BCUT2D eigenvalue weighted by Crippen LogP contribution is -2.75. The summed E-state index contributed by atoms with van der Waals surface area (Å²) in [5.41, 5.74) is 5.50. The van der Waals surface area contributed by atoms with Gasteiger partial charge in [0.2, 0.25) is 5.91 Å². The average Bonchev–Trinajstić information content (AvgIpc) is 2.50. The highest BCUT2D eigenvalue weighted by Gasteiger charge is 2.62. The number of rotatable bonds is 6. The lowest BCUT2D eigenvalue weighted by atomic mass is 9.54. The van der Waals surface area contributed by atoms with Crippen LogP contribution in [-0.4, -0.2) is 30.7 Å². The van der Waals surface area contributed by atoms with E-state index < -0.39 is 11.0 Å². The van der Waals surface area contributed by atoms with Crippen LogP contribution in [0, 0.1) is 11.2 Å². The van der Waals surface area contributed by atoms with Crippen LogP contribution in [0.4, 0.5) is 4.39 Å². The molecule has 7 heteroatoms. The number of ether oxygens (including phenoxy) is 1. The van der Waals surface area contributed by atoms with Gasteiger partial charge in [0, 0.05) is 29.5 Å². The molecule has 1 fully saturated rings. The van der Waals surface area contributed by atoms with Crippen molar-refractivity contribution in [1.82, 2.24) is 5.32 Å². The number of hydrogen-bond donors (Lipinski definition) is 2. The summed E-state index contributed by atoms with van der Waals surface area (Å²) in [6.07, 6.45) is 0.915. The molecule has 4 nitrogen and oxygen atoms in total. The van der Waals surface area contributed by atoms with Crippen LogP contribution in [-0.2, 0) is 16.0 Å². The van der Waals surface area contributed by atoms with Gasteiger partial charge < -0.3 is 15.8 Å². The molecule has 2 unspecified atom stereocenters. The quantitative estimate of drug-likeness (QED) is 0.738. The number of carbonyl (C=O) groups excluding carboxylic acids is 1. The molecule has 1 aromatic carbocycles. The van der Waals surface area contributed by atoms with Gasteiger partial charge in [-0.25, -0.2) is 4.39 Å². The van der Waals surface area contributed by atoms with Crippen molar-refractivity contribution in [2.45, 2.75) is 45.3 Å². The first-order valence-electron chi connectivity index (χ1n) is 7.85. The lowest BCUT2D eigenvalue weighted by Gasteiger charge is -2.57. The fourth-order valence-electron chi connectivity index (χ4n) is 3.02. The Kier molecular flexibility index (Phi) is 7.23. The molecule has 1 aliphatic carbocycles. The summed E-state index contributed by atoms with van der Waals surface area (Å²) < 4.78 is 20.1. The second-order valence-electron chi connectivity index (χ2n) is 6.58. The highest BCUT2D eigenvalue weighted by molar-refractivity contribution is 9.10. The molecule has 1 amide bonds. The summed E-state index contributed by atoms with van der Waals surface area (Å²) in [5.74, 6) is -0.473. The van der Waals surface area contributed by atoms with Gasteiger partial charge in [0.1, 0.15) is 11.4 Å². The minimum absolute atomic E-state index is 0. The zero-order valence-electron chi connectivity index (χ0n) is 14.2. The number of nitrogens with one attached hydrogen (secondary N) is 1. The standard InChI is InChI=1S/C17H24BrFN2O2.ClH/c1-4-23-14-10-17(20,16(14,2)3)15(22)21-8-7-11-9-12(18)5-6-13(11)19;/h5-6,9,14H,4,7-8,10,20H2,1-3H3,(H,21,22);1H. The van der Waals surface area contributed by atoms with Crippen LogP contribution >= 0.6 is 28.3 Å². The molecule has 1 aliphatic rings. The summed E-state index contributed by atoms with van der Waals surface area (Å²) in [5, 5.41) is 2.84. The highest BCUT2D eigenvalue weighted by Crippen LogP contribution is 2.49. The van der Waals surface area contributed by atoms with Crippen LogP contribution in [0.3, 0.4) is 0 Å². The van der Waals surface area contributed by atoms with E-state index in [0.29, 0.717) is 31.6 Å². The van der Waals surface area contributed by atoms with Gasteiger partial charge in [0.05, 0.1) is 6.10 Å². The first-order valence-corrected chi connectivity index (χ1v) is 8.64. The van der Waals surface area contributed by atoms with Crippen molar-refractivity contribution in [2.24, 2.45) is 11.1 Å². The van der Waals surface area contributed by atoms with Crippen molar-refractivity contribution in [1.29, 1.82) is 0 Å². The molecule has 2 rings (SSSR count). The molecule has 24 heavy (non-hydrogen) atoms. The van der Waals surface area contributed by atoms with Crippen LogP contribution < -0.4 is 11.1 Å². The predicted octanol–water partition coefficient (Wildman–Crippen LogP) is 3.20. The van der Waals surface area contributed by atoms with Crippen LogP contribution in [0.25, 0.3) is 0 Å². The van der Waals surface area contributed by atoms with Gasteiger partial charge in [0.15, 0.2) is 0 Å². The molecule has 0 radical (unpaired) electrons. The molecule has 1 aromatic rings. The molecule has 0 aliphatic heterocycles. The van der Waals surface area contributed by atoms with Crippen molar-refractivity contribution in [2.75, 3.05) is 13.2 Å². The Bertz CT molecular complexity index is 600. The molecule has 3 N–H and O–H groups in total. The summed E-state index contributed by atoms with van der Waals surface area (Å²) in [6.45, 7) is 6.78. The Balaban J connectivity index is 0.00000288. The highest BCUT2D eigenvalue weighted by atomic mass is 79.9. The van der Waals surface area contributed by atoms with Crippen molar-refractivity contribution < 1.29 is 13.9 Å². The SMILES string of the molecule is CCOC1CC(N)(C(=O)NCCc2cc(Br)ccc2F)C1(C)C.Cl. The number of benzene rings is 1. The average molecular weight is 424 g/mol. The first kappa shape index (κ1) is 21.4. The van der Waals surface area contributed by atoms with Crippen molar-refractivity contribution in [3.63, 3.8) is 0 Å². The summed E-state index contributed by atoms with van der Waals surface area (Å²) in [4.78, 5) is 12.5. The lowest BCUT2D eigenvalue weighted by molar-refractivity contribution is -0.170. The number of amides is 1. The fourth-order valence-corrected chi connectivity index (χ4v) is 3.43. The van der Waals surface area contributed by atoms with E-state index in [1.165, 1.54) is 6.07 Å². The van der Waals surface area contributed by atoms with Gasteiger partial charge >= 0.3 is 0 Å². The number of nitrogens with two attached hydrogens (primary N) is 1. The van der Waals surface area contributed by atoms with E-state index in [1.807, 2.05) is 20.8 Å². The topological polar surface area (TPSA) is 64.3 Å². The van der Waals surface area contributed by atoms with E-state index in [0.717, 1.165) is 4.47 Å². The van der Waals surface area contributed by atoms with Gasteiger partial charge in [-0.3, -0.25) is 4.79 Å². The van der Waals surface area contributed by atoms with Crippen molar-refractivity contribution in [3.8, 4) is 0 Å². The molecule has 0 saturated heterocycles. The first-order chi connectivity index (χ1) is 10.7. The molecular formula is C17H25BrClFN2O2. The molecule has 0 bridgehead atoms. The molecule has 136 valence electrons. The predicted molar refractivity (Wildman–Crippen MR) is 98.8 cm³/mol. The number of halogens is 3. The van der Waals surface area contributed by atoms with Crippen LogP contribution in [0.5, 0.6) is 0 Å². The van der Waals surface area contributed by atoms with E-state index in [-0.39, 0.29) is 30.2 Å². The van der Waals surface area contributed by atoms with E-state index in [1.54, 1.807) is 12.1 Å². The third-order valence-corrected chi connectivity index (χ3v) is 5.42. The second kappa shape index (κ2) is 8.13. The third-order valence-electron chi connectivity index (χ3n) is 4.92. The van der Waals surface area contributed by atoms with Gasteiger partial charge in [-0.15, -0.1) is 12.4 Å². The Morgan fingerprint density at radius 3 is 2.75 bits per heavy atom. The molecular weight excluding hydrogens is 399 g/mol. The van der Waals surface area contributed by atoms with E-state index in [2.05, 4.69) is 21.2 Å². The minimum atomic E-state index is -0.942. The van der Waals surface area contributed by atoms with Crippen LogP contribution in [0.15, 0.2) is 22.7 Å². The summed E-state index contributed by atoms with van der Waals surface area (Å²) >= 11 is 3.32. The zero-order chi connectivity index (χ0) is 17.3. The van der Waals surface area contributed by atoms with E-state index in [9.17, 15) is 9.18 Å². The second-order valence-corrected chi connectivity index (χ2v) is 7.50. The monoisotopic (exact) mass is 422 g/mol. The van der Waals surface area contributed by atoms with E-state index >= 15 is 0 Å². The molecule has 1 saturated carbocycles. The van der Waals surface area contributed by atoms with Crippen molar-refractivity contribution in [3.05, 3.63) is 34.1 Å². The van der Waals surface area contributed by atoms with Crippen molar-refractivity contribution >= 4 is 34.2 Å². The molecule has 2 atom stereocenters. The number of carbonyl (C=O) groups is 1. The maximum atomic E-state index is 13.7. The van der Waals surface area contributed by atoms with Crippen LogP contribution in [0.1, 0.15) is 32.8 Å². The van der Waals surface area contributed by atoms with Gasteiger partial charge in [-0.2, -0.15) is 0 Å². The Labute approximate surface area is 157 Å². The third kappa shape index (κ3) is 3.93. The Hall–Kier alpha value is -0.690. The minimum Gasteiger partial charge on any atom is -0.378 e. The smallest absolute Gasteiger partial charge is 0.240 e. The normalized spacial score (nSPS) is 24.7. The van der Waals surface area contributed by atoms with Crippen LogP contribution in [0.2, 0.25) is 0 Å². The Morgan fingerprint density at radius 2 is 2.17 bits per heavy atom. The number of hydrogen-bond acceptors (Lipinski definition) is 3. The van der Waals surface area contributed by atoms with Gasteiger partial charge in [-0.05, 0) is 37.1 Å². The zero-order valence-corrected chi connectivity index (χ0v) is 16.6. The van der Waals surface area contributed by atoms with E-state index in [4.69, 9.17) is 10.5 Å².